The van der Waals surface area contributed by atoms with Gasteiger partial charge < -0.3 is 29.0 Å². The van der Waals surface area contributed by atoms with E-state index in [4.69, 9.17) is 19.4 Å². The highest BCUT2D eigenvalue weighted by atomic mass is 31.2. The lowest BCUT2D eigenvalue weighted by Crippen LogP contribution is -2.10. The smallest absolute Gasteiger partial charge is 0.453 e. The Morgan fingerprint density at radius 1 is 1.06 bits per heavy atom. The Morgan fingerprint density at radius 3 is 2.45 bits per heavy atom. The molecule has 1 aliphatic carbocycles. The van der Waals surface area contributed by atoms with Crippen LogP contribution in [-0.4, -0.2) is 49.0 Å². The summed E-state index contributed by atoms with van der Waals surface area (Å²) in [7, 11) is -2.41. The Bertz CT molecular complexity index is 1990. The average Bonchev–Trinajstić information content (AvgIpc) is 3.72. The highest BCUT2D eigenvalue weighted by Crippen LogP contribution is 2.41. The summed E-state index contributed by atoms with van der Waals surface area (Å²) in [6.45, 7) is 3.66. The molecule has 0 amide bonds. The lowest BCUT2D eigenvalue weighted by atomic mass is 10.1. The third kappa shape index (κ3) is 7.10. The second-order valence-corrected chi connectivity index (χ2v) is 14.9. The van der Waals surface area contributed by atoms with Gasteiger partial charge in [0, 0.05) is 35.9 Å². The summed E-state index contributed by atoms with van der Waals surface area (Å²) < 4.78 is 25.3. The predicted octanol–water partition coefficient (Wildman–Crippen LogP) is 7.48. The van der Waals surface area contributed by atoms with Crippen LogP contribution in [0.15, 0.2) is 73.1 Å². The number of carboxylic acid groups (broad SMARTS) is 1. The molecule has 242 valence electrons. The molecule has 0 radical (unpaired) electrons. The number of ether oxygens (including phenoxy) is 2. The minimum atomic E-state index is -2.41. The summed E-state index contributed by atoms with van der Waals surface area (Å²) in [6.07, 6.45) is 4.22. The molecule has 0 spiro atoms. The number of nitrogens with zero attached hydrogens (tertiary/aromatic N) is 5. The highest BCUT2D eigenvalue weighted by Gasteiger charge is 2.27. The molecule has 0 saturated heterocycles. The number of hydrogen-bond donors (Lipinski definition) is 2. The fourth-order valence-electron chi connectivity index (χ4n) is 5.75. The van der Waals surface area contributed by atoms with Crippen LogP contribution in [0.2, 0.25) is 0 Å². The fraction of sp³-hybridized carbons (Fsp3) is 0.273. The van der Waals surface area contributed by atoms with Gasteiger partial charge in [0.15, 0.2) is 28.5 Å². The normalized spacial score (nSPS) is 13.5. The van der Waals surface area contributed by atoms with Crippen molar-refractivity contribution in [1.82, 2.24) is 19.5 Å². The van der Waals surface area contributed by atoms with E-state index >= 15 is 0 Å². The first kappa shape index (κ1) is 31.7. The number of aryl methyl sites for hydroxylation is 1. The van der Waals surface area contributed by atoms with E-state index in [1.165, 1.54) is 12.1 Å². The Labute approximate surface area is 270 Å². The Hall–Kier alpha value is -5.29. The number of aromatic nitrogens is 4. The third-order valence-electron chi connectivity index (χ3n) is 8.11. The number of imidazole rings is 1. The number of nitrogens with one attached hydrogen (secondary N) is 1. The van der Waals surface area contributed by atoms with Gasteiger partial charge in [0.25, 0.3) is 5.69 Å². The monoisotopic (exact) mass is 656 g/mol. The standard InChI is InChI=1S/C33H33N6O7P/c1-47(2,44)24-14-12-22(13-15-24)35-31-28-32(37-30(36-31)21-8-6-7-9-21)38(20-34-28)19-18-25-26(39(42)43)16-17-27(46-33(40)41)29(25)45-23-10-4-3-5-11-23/h3-5,10-17,20-21H,6-9,18-19H2,1-2H3,(H,40,41)(H,35,36,37). The molecule has 1 fully saturated rings. The van der Waals surface area contributed by atoms with Crippen molar-refractivity contribution in [2.24, 2.45) is 0 Å². The Morgan fingerprint density at radius 2 is 1.79 bits per heavy atom. The quantitative estimate of drug-likeness (QED) is 0.0475. The number of benzene rings is 3. The van der Waals surface area contributed by atoms with Crippen LogP contribution in [-0.2, 0) is 17.5 Å². The van der Waals surface area contributed by atoms with Crippen LogP contribution in [0, 0.1) is 10.1 Å². The molecule has 13 nitrogen and oxygen atoms in total. The summed E-state index contributed by atoms with van der Waals surface area (Å²) in [5, 5.41) is 25.7. The molecule has 0 atom stereocenters. The van der Waals surface area contributed by atoms with Gasteiger partial charge in [0.05, 0.1) is 16.8 Å². The Balaban J connectivity index is 1.38. The van der Waals surface area contributed by atoms with Gasteiger partial charge in [-0.05, 0) is 68.6 Å². The van der Waals surface area contributed by atoms with E-state index in [9.17, 15) is 24.6 Å². The van der Waals surface area contributed by atoms with Crippen molar-refractivity contribution in [2.45, 2.75) is 44.6 Å². The molecule has 3 aromatic carbocycles. The average molecular weight is 657 g/mol. The van der Waals surface area contributed by atoms with Crippen molar-refractivity contribution in [3.63, 3.8) is 0 Å². The van der Waals surface area contributed by atoms with E-state index in [0.29, 0.717) is 28.6 Å². The van der Waals surface area contributed by atoms with Gasteiger partial charge >= 0.3 is 6.16 Å². The maximum Gasteiger partial charge on any atom is 0.511 e. The number of rotatable bonds is 11. The zero-order valence-electron chi connectivity index (χ0n) is 25.8. The lowest BCUT2D eigenvalue weighted by molar-refractivity contribution is -0.385. The van der Waals surface area contributed by atoms with Crippen LogP contribution in [0.3, 0.4) is 0 Å². The molecule has 0 unspecified atom stereocenters. The Kier molecular flexibility index (Phi) is 8.91. The molecular formula is C33H33N6O7P. The zero-order chi connectivity index (χ0) is 33.1. The van der Waals surface area contributed by atoms with Gasteiger partial charge in [-0.3, -0.25) is 10.1 Å². The van der Waals surface area contributed by atoms with Gasteiger partial charge in [-0.25, -0.2) is 19.7 Å². The van der Waals surface area contributed by atoms with Gasteiger partial charge in [-0.15, -0.1) is 0 Å². The summed E-state index contributed by atoms with van der Waals surface area (Å²) >= 11 is 0. The van der Waals surface area contributed by atoms with Crippen molar-refractivity contribution in [1.29, 1.82) is 0 Å². The maximum atomic E-state index is 12.5. The number of nitro groups is 1. The number of fused-ring (bicyclic) bond motifs is 1. The first-order valence-electron chi connectivity index (χ1n) is 15.2. The number of carbonyl (C=O) groups is 1. The molecule has 14 heteroatoms. The highest BCUT2D eigenvalue weighted by molar-refractivity contribution is 7.70. The molecular weight excluding hydrogens is 623 g/mol. The third-order valence-corrected chi connectivity index (χ3v) is 9.65. The van der Waals surface area contributed by atoms with Gasteiger partial charge in [0.1, 0.15) is 18.7 Å². The van der Waals surface area contributed by atoms with Crippen LogP contribution >= 0.6 is 7.14 Å². The molecule has 2 aromatic heterocycles. The number of hydrogen-bond acceptors (Lipinski definition) is 10. The van der Waals surface area contributed by atoms with Crippen molar-refractivity contribution in [3.05, 3.63) is 94.6 Å². The first-order chi connectivity index (χ1) is 22.6. The first-order valence-corrected chi connectivity index (χ1v) is 17.8. The molecule has 47 heavy (non-hydrogen) atoms. The number of anilines is 2. The lowest BCUT2D eigenvalue weighted by Gasteiger charge is -2.16. The summed E-state index contributed by atoms with van der Waals surface area (Å²) in [6, 6.07) is 18.4. The SMILES string of the molecule is CP(C)(=O)c1ccc(Nc2nc(C3CCCC3)nc3c2ncn3CCc2c([N+](=O)[O-])ccc(OC(=O)O)c2Oc2ccccc2)cc1. The fourth-order valence-corrected chi connectivity index (χ4v) is 6.62. The van der Waals surface area contributed by atoms with Gasteiger partial charge in [0.2, 0.25) is 0 Å². The zero-order valence-corrected chi connectivity index (χ0v) is 26.7. The number of para-hydroxylation sites is 1. The van der Waals surface area contributed by atoms with Crippen LogP contribution in [0.4, 0.5) is 22.0 Å². The summed E-state index contributed by atoms with van der Waals surface area (Å²) in [5.74, 6) is 1.54. The van der Waals surface area contributed by atoms with E-state index < -0.39 is 18.2 Å². The summed E-state index contributed by atoms with van der Waals surface area (Å²) in [4.78, 5) is 37.5. The molecule has 2 heterocycles. The van der Waals surface area contributed by atoms with Crippen molar-refractivity contribution in [3.8, 4) is 17.2 Å². The van der Waals surface area contributed by atoms with Crippen LogP contribution in [0.1, 0.15) is 43.0 Å². The summed E-state index contributed by atoms with van der Waals surface area (Å²) in [5.41, 5.74) is 1.74. The van der Waals surface area contributed by atoms with Crippen molar-refractivity contribution < 1.29 is 28.9 Å². The molecule has 1 aliphatic rings. The molecule has 6 rings (SSSR count). The number of nitro benzene ring substituents is 1. The molecule has 0 bridgehead atoms. The van der Waals surface area contributed by atoms with E-state index in [1.54, 1.807) is 54.6 Å². The molecule has 2 N–H and O–H groups in total. The van der Waals surface area contributed by atoms with Crippen molar-refractivity contribution >= 4 is 47.0 Å². The maximum absolute atomic E-state index is 12.5. The second kappa shape index (κ2) is 13.2. The predicted molar refractivity (Wildman–Crippen MR) is 177 cm³/mol. The second-order valence-electron chi connectivity index (χ2n) is 11.7. The van der Waals surface area contributed by atoms with Crippen LogP contribution in [0.5, 0.6) is 17.2 Å². The van der Waals surface area contributed by atoms with Crippen LogP contribution < -0.4 is 20.1 Å². The minimum absolute atomic E-state index is 0.0620. The molecule has 5 aromatic rings. The van der Waals surface area contributed by atoms with Crippen molar-refractivity contribution in [2.75, 3.05) is 18.6 Å². The van der Waals surface area contributed by atoms with E-state index in [0.717, 1.165) is 36.7 Å². The van der Waals surface area contributed by atoms with Gasteiger partial charge in [-0.1, -0.05) is 31.0 Å². The topological polar surface area (TPSA) is 172 Å². The van der Waals surface area contributed by atoms with E-state index in [-0.39, 0.29) is 41.6 Å². The van der Waals surface area contributed by atoms with E-state index in [1.807, 2.05) is 24.3 Å². The van der Waals surface area contributed by atoms with E-state index in [2.05, 4.69) is 10.3 Å². The largest absolute Gasteiger partial charge is 0.511 e. The van der Waals surface area contributed by atoms with Crippen LogP contribution in [0.25, 0.3) is 11.2 Å². The molecule has 0 aliphatic heterocycles. The minimum Gasteiger partial charge on any atom is -0.453 e. The molecule has 1 saturated carbocycles. The van der Waals surface area contributed by atoms with Gasteiger partial charge in [-0.2, -0.15) is 0 Å².